The average Bonchev–Trinajstić information content (AvgIpc) is 3.35. The molecule has 9 heteroatoms. The lowest BCUT2D eigenvalue weighted by atomic mass is 9.95. The molecule has 38 heavy (non-hydrogen) atoms. The highest BCUT2D eigenvalue weighted by atomic mass is 35.5. The van der Waals surface area contributed by atoms with Gasteiger partial charge < -0.3 is 19.8 Å². The number of aromatic amines is 1. The molecule has 0 saturated carbocycles. The highest BCUT2D eigenvalue weighted by Gasteiger charge is 2.27. The molecule has 1 aromatic heterocycles. The van der Waals surface area contributed by atoms with E-state index in [1.807, 2.05) is 36.4 Å². The summed E-state index contributed by atoms with van der Waals surface area (Å²) >= 11 is 6.37. The second-order valence-electron chi connectivity index (χ2n) is 8.95. The van der Waals surface area contributed by atoms with Crippen molar-refractivity contribution in [3.8, 4) is 11.5 Å². The van der Waals surface area contributed by atoms with Gasteiger partial charge in [0.25, 0.3) is 0 Å². The van der Waals surface area contributed by atoms with Crippen molar-refractivity contribution in [2.45, 2.75) is 10.9 Å². The predicted molar refractivity (Wildman–Crippen MR) is 151 cm³/mol. The van der Waals surface area contributed by atoms with Gasteiger partial charge in [-0.25, -0.2) is 8.42 Å². The van der Waals surface area contributed by atoms with E-state index in [1.165, 1.54) is 26.4 Å². The number of carbonyl (C=O) groups excluding carboxylic acids is 1. The molecule has 5 aromatic rings. The van der Waals surface area contributed by atoms with Crippen LogP contribution in [-0.4, -0.2) is 39.7 Å². The zero-order valence-electron chi connectivity index (χ0n) is 20.9. The number of methoxy groups -OCH3 is 2. The molecule has 0 aliphatic rings. The number of sulfone groups is 1. The van der Waals surface area contributed by atoms with Crippen molar-refractivity contribution >= 4 is 54.6 Å². The van der Waals surface area contributed by atoms with Gasteiger partial charge in [0.05, 0.1) is 24.6 Å². The van der Waals surface area contributed by atoms with Crippen molar-refractivity contribution < 1.29 is 22.7 Å². The number of aromatic nitrogens is 1. The molecule has 194 valence electrons. The third kappa shape index (κ3) is 4.92. The highest BCUT2D eigenvalue weighted by molar-refractivity contribution is 7.90. The van der Waals surface area contributed by atoms with E-state index in [0.717, 1.165) is 27.9 Å². The summed E-state index contributed by atoms with van der Waals surface area (Å²) in [6.07, 6.45) is 2.82. The third-order valence-corrected chi connectivity index (χ3v) is 7.74. The second kappa shape index (κ2) is 10.0. The van der Waals surface area contributed by atoms with Crippen LogP contribution in [0.3, 0.4) is 0 Å². The minimum absolute atomic E-state index is 0.0628. The summed E-state index contributed by atoms with van der Waals surface area (Å²) in [5.41, 5.74) is 2.29. The molecule has 1 atom stereocenters. The maximum absolute atomic E-state index is 14.2. The zero-order chi connectivity index (χ0) is 27.0. The summed E-state index contributed by atoms with van der Waals surface area (Å²) in [6.45, 7) is 0. The number of ether oxygens (including phenoxy) is 2. The lowest BCUT2D eigenvalue weighted by molar-refractivity contribution is 0.0971. The molecular weight excluding hydrogens is 524 g/mol. The molecule has 0 radical (unpaired) electrons. The van der Waals surface area contributed by atoms with E-state index in [-0.39, 0.29) is 10.7 Å². The van der Waals surface area contributed by atoms with Gasteiger partial charge in [0.2, 0.25) is 0 Å². The maximum atomic E-state index is 14.2. The second-order valence-corrected chi connectivity index (χ2v) is 11.4. The first-order valence-corrected chi connectivity index (χ1v) is 14.0. The normalized spacial score (nSPS) is 12.4. The fourth-order valence-electron chi connectivity index (χ4n) is 4.56. The Morgan fingerprint density at radius 1 is 0.921 bits per heavy atom. The summed E-state index contributed by atoms with van der Waals surface area (Å²) in [4.78, 5) is 17.5. The van der Waals surface area contributed by atoms with Gasteiger partial charge in [-0.15, -0.1) is 0 Å². The smallest absolute Gasteiger partial charge is 0.191 e. The number of nitrogens with one attached hydrogen (secondary N) is 2. The number of anilines is 1. The molecule has 0 aliphatic carbocycles. The molecular formula is C29H25ClN2O5S. The number of benzene rings is 4. The first-order chi connectivity index (χ1) is 18.2. The average molecular weight is 549 g/mol. The number of halogens is 1. The SMILES string of the molecule is COc1cc(Cl)cc([C@H](Nc2cc(OC)cc(S(C)(=O)=O)c2)C(=O)c2c[nH]c3c2ccc2ccccc23)c1. The van der Waals surface area contributed by atoms with Crippen molar-refractivity contribution in [1.82, 2.24) is 4.98 Å². The van der Waals surface area contributed by atoms with Gasteiger partial charge >= 0.3 is 0 Å². The molecule has 0 amide bonds. The number of hydrogen-bond acceptors (Lipinski definition) is 6. The minimum Gasteiger partial charge on any atom is -0.497 e. The largest absolute Gasteiger partial charge is 0.497 e. The Kier molecular flexibility index (Phi) is 6.77. The topological polar surface area (TPSA) is 97.5 Å². The van der Waals surface area contributed by atoms with Crippen molar-refractivity contribution in [1.29, 1.82) is 0 Å². The number of hydrogen-bond donors (Lipinski definition) is 2. The van der Waals surface area contributed by atoms with Crippen LogP contribution in [-0.2, 0) is 9.84 Å². The van der Waals surface area contributed by atoms with Gasteiger partial charge in [0.1, 0.15) is 17.5 Å². The molecule has 0 fully saturated rings. The Bertz CT molecular complexity index is 1800. The van der Waals surface area contributed by atoms with E-state index in [9.17, 15) is 13.2 Å². The molecule has 0 spiro atoms. The molecule has 5 rings (SSSR count). The number of ketones is 1. The van der Waals surface area contributed by atoms with Gasteiger partial charge in [-0.05, 0) is 41.3 Å². The molecule has 4 aromatic carbocycles. The van der Waals surface area contributed by atoms with Crippen LogP contribution in [0.1, 0.15) is 22.0 Å². The number of Topliss-reactive ketones (excluding diaryl/α,β-unsaturated/α-hetero) is 1. The van der Waals surface area contributed by atoms with E-state index < -0.39 is 15.9 Å². The van der Waals surface area contributed by atoms with Crippen molar-refractivity contribution in [3.63, 3.8) is 0 Å². The molecule has 0 aliphatic heterocycles. The Labute approximate surface area is 225 Å². The van der Waals surface area contributed by atoms with Crippen molar-refractivity contribution in [2.24, 2.45) is 0 Å². The van der Waals surface area contributed by atoms with E-state index >= 15 is 0 Å². The Balaban J connectivity index is 1.66. The van der Waals surface area contributed by atoms with Gasteiger partial charge in [-0.2, -0.15) is 0 Å². The lowest BCUT2D eigenvalue weighted by Gasteiger charge is -2.21. The molecule has 0 saturated heterocycles. The van der Waals surface area contributed by atoms with Crippen LogP contribution in [0.2, 0.25) is 5.02 Å². The highest BCUT2D eigenvalue weighted by Crippen LogP contribution is 2.35. The molecule has 0 unspecified atom stereocenters. The Hall–Kier alpha value is -4.01. The summed E-state index contributed by atoms with van der Waals surface area (Å²) in [5.74, 6) is 0.586. The van der Waals surface area contributed by atoms with E-state index in [0.29, 0.717) is 33.3 Å². The quantitative estimate of drug-likeness (QED) is 0.217. The van der Waals surface area contributed by atoms with Gasteiger partial charge in [-0.3, -0.25) is 4.79 Å². The van der Waals surface area contributed by atoms with Crippen LogP contribution in [0, 0.1) is 0 Å². The summed E-state index contributed by atoms with van der Waals surface area (Å²) in [5, 5.41) is 6.46. The number of fused-ring (bicyclic) bond motifs is 3. The van der Waals surface area contributed by atoms with Crippen molar-refractivity contribution in [3.05, 3.63) is 95.1 Å². The Morgan fingerprint density at radius 3 is 2.39 bits per heavy atom. The molecule has 7 nitrogen and oxygen atoms in total. The number of H-pyrrole nitrogens is 1. The van der Waals surface area contributed by atoms with E-state index in [1.54, 1.807) is 30.5 Å². The molecule has 0 bridgehead atoms. The van der Waals surface area contributed by atoms with Crippen LogP contribution in [0.15, 0.2) is 83.9 Å². The molecule has 2 N–H and O–H groups in total. The lowest BCUT2D eigenvalue weighted by Crippen LogP contribution is -2.21. The summed E-state index contributed by atoms with van der Waals surface area (Å²) in [6, 6.07) is 20.5. The number of rotatable bonds is 8. The van der Waals surface area contributed by atoms with Crippen LogP contribution in [0.5, 0.6) is 11.5 Å². The zero-order valence-corrected chi connectivity index (χ0v) is 22.5. The summed E-state index contributed by atoms with van der Waals surface area (Å²) < 4.78 is 35.4. The van der Waals surface area contributed by atoms with E-state index in [2.05, 4.69) is 10.3 Å². The molecule has 1 heterocycles. The van der Waals surface area contributed by atoms with Crippen LogP contribution in [0.25, 0.3) is 21.7 Å². The number of carbonyl (C=O) groups is 1. The maximum Gasteiger partial charge on any atom is 0.191 e. The fraction of sp³-hybridized carbons (Fsp3) is 0.138. The third-order valence-electron chi connectivity index (χ3n) is 6.43. The van der Waals surface area contributed by atoms with Crippen LogP contribution >= 0.6 is 11.6 Å². The van der Waals surface area contributed by atoms with E-state index in [4.69, 9.17) is 21.1 Å². The van der Waals surface area contributed by atoms with Crippen LogP contribution in [0.4, 0.5) is 5.69 Å². The fourth-order valence-corrected chi connectivity index (χ4v) is 5.46. The first-order valence-electron chi connectivity index (χ1n) is 11.7. The van der Waals surface area contributed by atoms with Gasteiger partial charge in [0, 0.05) is 45.6 Å². The van der Waals surface area contributed by atoms with Gasteiger partial charge in [-0.1, -0.05) is 48.0 Å². The van der Waals surface area contributed by atoms with Gasteiger partial charge in [0.15, 0.2) is 15.6 Å². The van der Waals surface area contributed by atoms with Crippen molar-refractivity contribution in [2.75, 3.05) is 25.8 Å². The van der Waals surface area contributed by atoms with Crippen LogP contribution < -0.4 is 14.8 Å². The Morgan fingerprint density at radius 2 is 1.66 bits per heavy atom. The monoisotopic (exact) mass is 548 g/mol. The summed E-state index contributed by atoms with van der Waals surface area (Å²) in [7, 11) is -0.571. The predicted octanol–water partition coefficient (Wildman–Crippen LogP) is 6.43. The first kappa shape index (κ1) is 25.6. The standard InChI is InChI=1S/C29H25ClN2O5S/c1-36-21-11-18(10-19(30)12-21)27(32-20-13-22(37-2)15-23(14-20)38(3,34)35)29(33)26-16-31-28-24-7-5-4-6-17(24)8-9-25(26)28/h4-16,27,31-32H,1-3H3/t27-/m0/s1. The minimum atomic E-state index is -3.54.